The Kier molecular flexibility index (Phi) is 6.35. The monoisotopic (exact) mass is 322 g/mol. The summed E-state index contributed by atoms with van der Waals surface area (Å²) in [7, 11) is 0. The number of fused-ring (bicyclic) bond motifs is 1. The molecule has 1 fully saturated rings. The van der Waals surface area contributed by atoms with E-state index < -0.39 is 0 Å². The first-order valence-corrected chi connectivity index (χ1v) is 10.3. The average Bonchev–Trinajstić information content (AvgIpc) is 2.62. The van der Waals surface area contributed by atoms with Gasteiger partial charge in [0.1, 0.15) is 0 Å². The normalized spacial score (nSPS) is 21.2. The summed E-state index contributed by atoms with van der Waals surface area (Å²) in [6.07, 6.45) is 13.6. The Bertz CT molecular complexity index is 632. The van der Waals surface area contributed by atoms with Crippen LogP contribution in [0, 0.1) is 5.92 Å². The second kappa shape index (κ2) is 8.70. The van der Waals surface area contributed by atoms with Crippen molar-refractivity contribution in [2.75, 3.05) is 0 Å². The van der Waals surface area contributed by atoms with E-state index in [1.807, 2.05) is 0 Å². The van der Waals surface area contributed by atoms with Crippen LogP contribution < -0.4 is 0 Å². The van der Waals surface area contributed by atoms with E-state index >= 15 is 0 Å². The zero-order valence-corrected chi connectivity index (χ0v) is 15.7. The molecule has 3 rings (SSSR count). The molecule has 0 radical (unpaired) electrons. The highest BCUT2D eigenvalue weighted by atomic mass is 14.2. The molecular formula is C24H34. The maximum Gasteiger partial charge on any atom is -0.0162 e. The number of aryl methyl sites for hydroxylation is 1. The molecule has 1 aliphatic rings. The van der Waals surface area contributed by atoms with Gasteiger partial charge in [-0.3, -0.25) is 0 Å². The van der Waals surface area contributed by atoms with E-state index in [9.17, 15) is 0 Å². The van der Waals surface area contributed by atoms with Crippen LogP contribution in [0.1, 0.15) is 88.7 Å². The van der Waals surface area contributed by atoms with Crippen LogP contribution in [0.5, 0.6) is 0 Å². The molecule has 0 heteroatoms. The van der Waals surface area contributed by atoms with Gasteiger partial charge in [-0.25, -0.2) is 0 Å². The lowest BCUT2D eigenvalue weighted by Crippen LogP contribution is -2.10. The Labute approximate surface area is 148 Å². The second-order valence-electron chi connectivity index (χ2n) is 8.06. The van der Waals surface area contributed by atoms with E-state index in [2.05, 4.69) is 50.2 Å². The van der Waals surface area contributed by atoms with Gasteiger partial charge in [0.15, 0.2) is 0 Å². The molecule has 0 saturated heterocycles. The van der Waals surface area contributed by atoms with Gasteiger partial charge in [0.25, 0.3) is 0 Å². The van der Waals surface area contributed by atoms with E-state index in [1.54, 1.807) is 5.56 Å². The highest BCUT2D eigenvalue weighted by molar-refractivity contribution is 5.84. The summed E-state index contributed by atoms with van der Waals surface area (Å²) in [6.45, 7) is 4.69. The molecule has 0 amide bonds. The summed E-state index contributed by atoms with van der Waals surface area (Å²) in [5.41, 5.74) is 3.08. The maximum absolute atomic E-state index is 2.46. The fourth-order valence-corrected chi connectivity index (χ4v) is 4.25. The predicted molar refractivity (Wildman–Crippen MR) is 107 cm³/mol. The molecule has 130 valence electrons. The number of rotatable bonds is 7. The molecule has 2 aromatic carbocycles. The topological polar surface area (TPSA) is 0 Å². The first kappa shape index (κ1) is 17.5. The zero-order chi connectivity index (χ0) is 16.8. The van der Waals surface area contributed by atoms with E-state index in [0.717, 1.165) is 11.8 Å². The zero-order valence-electron chi connectivity index (χ0n) is 15.7. The van der Waals surface area contributed by atoms with E-state index in [0.29, 0.717) is 0 Å². The van der Waals surface area contributed by atoms with Gasteiger partial charge in [-0.1, -0.05) is 88.8 Å². The average molecular weight is 323 g/mol. The Morgan fingerprint density at radius 1 is 0.792 bits per heavy atom. The molecule has 0 nitrogen and oxygen atoms in total. The first-order valence-electron chi connectivity index (χ1n) is 10.3. The second-order valence-corrected chi connectivity index (χ2v) is 8.06. The minimum atomic E-state index is 0.795. The van der Waals surface area contributed by atoms with Gasteiger partial charge >= 0.3 is 0 Å². The summed E-state index contributed by atoms with van der Waals surface area (Å²) < 4.78 is 0. The van der Waals surface area contributed by atoms with Crippen molar-refractivity contribution in [2.24, 2.45) is 5.92 Å². The SMILES string of the molecule is CCCCCCCc1ccc2cc(C3CCC(C)CC3)ccc2c1. The Balaban J connectivity index is 1.63. The third kappa shape index (κ3) is 4.62. The predicted octanol–water partition coefficient (Wildman–Crippen LogP) is 7.65. The lowest BCUT2D eigenvalue weighted by atomic mass is 9.79. The van der Waals surface area contributed by atoms with Crippen LogP contribution in [0.15, 0.2) is 36.4 Å². The van der Waals surface area contributed by atoms with Crippen molar-refractivity contribution in [1.82, 2.24) is 0 Å². The quantitative estimate of drug-likeness (QED) is 0.459. The molecule has 0 unspecified atom stereocenters. The molecule has 0 atom stereocenters. The summed E-state index contributed by atoms with van der Waals surface area (Å²) >= 11 is 0. The van der Waals surface area contributed by atoms with Crippen LogP contribution in [0.25, 0.3) is 10.8 Å². The molecule has 1 aliphatic carbocycles. The van der Waals surface area contributed by atoms with Crippen LogP contribution in [-0.2, 0) is 6.42 Å². The smallest absolute Gasteiger partial charge is 0.0162 e. The van der Waals surface area contributed by atoms with Gasteiger partial charge in [-0.2, -0.15) is 0 Å². The summed E-state index contributed by atoms with van der Waals surface area (Å²) in [5.74, 6) is 1.73. The van der Waals surface area contributed by atoms with Crippen LogP contribution >= 0.6 is 0 Å². The lowest BCUT2D eigenvalue weighted by molar-refractivity contribution is 0.348. The number of benzene rings is 2. The van der Waals surface area contributed by atoms with Crippen molar-refractivity contribution in [3.05, 3.63) is 47.5 Å². The molecule has 1 saturated carbocycles. The molecule has 0 N–H and O–H groups in total. The van der Waals surface area contributed by atoms with Crippen molar-refractivity contribution in [3.8, 4) is 0 Å². The van der Waals surface area contributed by atoms with Crippen LogP contribution in [-0.4, -0.2) is 0 Å². The number of hydrogen-bond acceptors (Lipinski definition) is 0. The molecule has 0 bridgehead atoms. The maximum atomic E-state index is 2.46. The molecule has 24 heavy (non-hydrogen) atoms. The third-order valence-corrected chi connectivity index (χ3v) is 5.98. The van der Waals surface area contributed by atoms with Crippen molar-refractivity contribution in [2.45, 2.75) is 84.0 Å². The Hall–Kier alpha value is -1.30. The molecule has 0 aromatic heterocycles. The van der Waals surface area contributed by atoms with Gasteiger partial charge in [0.2, 0.25) is 0 Å². The molecule has 0 spiro atoms. The fourth-order valence-electron chi connectivity index (χ4n) is 4.25. The van der Waals surface area contributed by atoms with Crippen LogP contribution in [0.2, 0.25) is 0 Å². The first-order chi connectivity index (χ1) is 11.8. The Morgan fingerprint density at radius 2 is 1.50 bits per heavy atom. The number of hydrogen-bond donors (Lipinski definition) is 0. The summed E-state index contributed by atoms with van der Waals surface area (Å²) in [6, 6.07) is 14.3. The van der Waals surface area contributed by atoms with Crippen molar-refractivity contribution in [3.63, 3.8) is 0 Å². The van der Waals surface area contributed by atoms with Gasteiger partial charge in [-0.15, -0.1) is 0 Å². The lowest BCUT2D eigenvalue weighted by Gasteiger charge is -2.26. The standard InChI is InChI=1S/C24H34/c1-3-4-5-6-7-8-20-11-14-24-18-23(16-15-22(24)17-20)21-12-9-19(2)10-13-21/h11,14-19,21H,3-10,12-13H2,1-2H3. The van der Waals surface area contributed by atoms with Gasteiger partial charge in [-0.05, 0) is 59.4 Å². The van der Waals surface area contributed by atoms with Gasteiger partial charge in [0, 0.05) is 0 Å². The van der Waals surface area contributed by atoms with E-state index in [4.69, 9.17) is 0 Å². The summed E-state index contributed by atoms with van der Waals surface area (Å²) in [4.78, 5) is 0. The minimum Gasteiger partial charge on any atom is -0.0654 e. The van der Waals surface area contributed by atoms with Crippen molar-refractivity contribution < 1.29 is 0 Å². The van der Waals surface area contributed by atoms with Crippen LogP contribution in [0.3, 0.4) is 0 Å². The summed E-state index contributed by atoms with van der Waals surface area (Å²) in [5, 5.41) is 2.86. The third-order valence-electron chi connectivity index (χ3n) is 5.98. The van der Waals surface area contributed by atoms with Crippen molar-refractivity contribution >= 4 is 10.8 Å². The number of unbranched alkanes of at least 4 members (excludes halogenated alkanes) is 4. The highest BCUT2D eigenvalue weighted by Gasteiger charge is 2.19. The Morgan fingerprint density at radius 3 is 2.29 bits per heavy atom. The molecule has 0 heterocycles. The highest BCUT2D eigenvalue weighted by Crippen LogP contribution is 2.36. The fraction of sp³-hybridized carbons (Fsp3) is 0.583. The molecule has 0 aliphatic heterocycles. The molecule has 2 aromatic rings. The van der Waals surface area contributed by atoms with Crippen molar-refractivity contribution in [1.29, 1.82) is 0 Å². The van der Waals surface area contributed by atoms with Gasteiger partial charge < -0.3 is 0 Å². The van der Waals surface area contributed by atoms with Crippen LogP contribution in [0.4, 0.5) is 0 Å². The van der Waals surface area contributed by atoms with Gasteiger partial charge in [0.05, 0.1) is 0 Å². The van der Waals surface area contributed by atoms with E-state index in [1.165, 1.54) is 80.5 Å². The molecular weight excluding hydrogens is 288 g/mol. The minimum absolute atomic E-state index is 0.795. The largest absolute Gasteiger partial charge is 0.0654 e. The van der Waals surface area contributed by atoms with E-state index in [-0.39, 0.29) is 0 Å².